The molecule has 0 aliphatic heterocycles. The first-order valence-electron chi connectivity index (χ1n) is 3.54. The number of rotatable bonds is 2. The maximum absolute atomic E-state index is 11.4. The molecule has 0 spiro atoms. The van der Waals surface area contributed by atoms with Crippen molar-refractivity contribution in [2.24, 2.45) is 0 Å². The average Bonchev–Trinajstić information content (AvgIpc) is 2.51. The summed E-state index contributed by atoms with van der Waals surface area (Å²) in [6.07, 6.45) is 1.55. The van der Waals surface area contributed by atoms with Crippen LogP contribution < -0.4 is 5.32 Å². The number of aromatic amines is 1. The number of hydrogen-bond acceptors (Lipinski definition) is 3. The Morgan fingerprint density at radius 3 is 3.08 bits per heavy atom. The summed E-state index contributed by atoms with van der Waals surface area (Å²) >= 11 is 1.99. The van der Waals surface area contributed by atoms with Crippen molar-refractivity contribution in [3.8, 4) is 6.07 Å². The first-order chi connectivity index (χ1) is 6.15. The normalized spacial score (nSPS) is 11.8. The van der Waals surface area contributed by atoms with Crippen molar-refractivity contribution >= 4 is 28.5 Å². The van der Waals surface area contributed by atoms with Gasteiger partial charge >= 0.3 is 0 Å². The second-order valence-corrected chi connectivity index (χ2v) is 3.58. The lowest BCUT2D eigenvalue weighted by Gasteiger charge is -2.03. The first kappa shape index (κ1) is 9.98. The van der Waals surface area contributed by atoms with Crippen molar-refractivity contribution in [3.63, 3.8) is 0 Å². The number of halogens is 1. The topological polar surface area (TPSA) is 81.6 Å². The summed E-state index contributed by atoms with van der Waals surface area (Å²) in [7, 11) is 0. The third kappa shape index (κ3) is 2.42. The van der Waals surface area contributed by atoms with Gasteiger partial charge in [0.25, 0.3) is 5.91 Å². The van der Waals surface area contributed by atoms with E-state index in [2.05, 4.69) is 15.5 Å². The Kier molecular flexibility index (Phi) is 3.25. The molecule has 6 heteroatoms. The molecule has 13 heavy (non-hydrogen) atoms. The van der Waals surface area contributed by atoms with Crippen LogP contribution in [0.3, 0.4) is 0 Å². The lowest BCUT2D eigenvalue weighted by Crippen LogP contribution is -2.32. The predicted octanol–water partition coefficient (Wildman–Crippen LogP) is 0.656. The predicted molar refractivity (Wildman–Crippen MR) is 53.8 cm³/mol. The Labute approximate surface area is 88.7 Å². The van der Waals surface area contributed by atoms with Crippen LogP contribution >= 0.6 is 22.6 Å². The van der Waals surface area contributed by atoms with E-state index in [1.807, 2.05) is 28.7 Å². The van der Waals surface area contributed by atoms with Crippen molar-refractivity contribution in [2.45, 2.75) is 13.0 Å². The highest BCUT2D eigenvalue weighted by Crippen LogP contribution is 2.07. The minimum atomic E-state index is -0.494. The molecule has 0 aliphatic rings. The molecule has 0 unspecified atom stereocenters. The molecule has 1 heterocycles. The minimum Gasteiger partial charge on any atom is -0.335 e. The average molecular weight is 290 g/mol. The molecule has 0 fully saturated rings. The van der Waals surface area contributed by atoms with Gasteiger partial charge in [0.05, 0.1) is 15.8 Å². The molecule has 0 aliphatic carbocycles. The van der Waals surface area contributed by atoms with Crippen molar-refractivity contribution in [3.05, 3.63) is 15.5 Å². The van der Waals surface area contributed by atoms with Crippen LogP contribution in [0.1, 0.15) is 17.4 Å². The number of aromatic nitrogens is 2. The van der Waals surface area contributed by atoms with Crippen molar-refractivity contribution in [1.82, 2.24) is 15.5 Å². The molecule has 5 nitrogen and oxygen atoms in total. The Morgan fingerprint density at radius 1 is 1.92 bits per heavy atom. The molecule has 0 radical (unpaired) electrons. The number of nitrogens with one attached hydrogen (secondary N) is 2. The number of H-pyrrole nitrogens is 1. The quantitative estimate of drug-likeness (QED) is 0.785. The maximum atomic E-state index is 11.4. The fraction of sp³-hybridized carbons (Fsp3) is 0.286. The van der Waals surface area contributed by atoms with E-state index in [-0.39, 0.29) is 5.91 Å². The molecule has 0 saturated carbocycles. The molecule has 2 N–H and O–H groups in total. The van der Waals surface area contributed by atoms with Gasteiger partial charge in [-0.25, -0.2) is 0 Å². The smallest absolute Gasteiger partial charge is 0.271 e. The Morgan fingerprint density at radius 2 is 2.62 bits per heavy atom. The number of carbonyl (C=O) groups excluding carboxylic acids is 1. The van der Waals surface area contributed by atoms with Gasteiger partial charge < -0.3 is 5.32 Å². The number of amides is 1. The number of nitrogens with zero attached hydrogens (tertiary/aromatic N) is 2. The summed E-state index contributed by atoms with van der Waals surface area (Å²) in [5, 5.41) is 17.2. The van der Waals surface area contributed by atoms with Gasteiger partial charge in [-0.2, -0.15) is 10.4 Å². The second-order valence-electron chi connectivity index (χ2n) is 2.42. The summed E-state index contributed by atoms with van der Waals surface area (Å²) in [6.45, 7) is 1.61. The van der Waals surface area contributed by atoms with Gasteiger partial charge in [-0.3, -0.25) is 9.89 Å². The van der Waals surface area contributed by atoms with E-state index in [1.54, 1.807) is 13.1 Å². The summed E-state index contributed by atoms with van der Waals surface area (Å²) < 4.78 is 0.736. The van der Waals surface area contributed by atoms with E-state index in [9.17, 15) is 4.79 Å². The fourth-order valence-electron chi connectivity index (χ4n) is 0.732. The van der Waals surface area contributed by atoms with Gasteiger partial charge in [0, 0.05) is 0 Å². The first-order valence-corrected chi connectivity index (χ1v) is 4.62. The van der Waals surface area contributed by atoms with E-state index in [0.717, 1.165) is 3.57 Å². The standard InChI is InChI=1S/C7H7IN4O/c1-4(2-9)11-7(13)6-5(8)3-10-12-6/h3-4H,1H3,(H,10,12)(H,11,13)/t4-/m0/s1. The van der Waals surface area contributed by atoms with Crippen LogP contribution in [0, 0.1) is 14.9 Å². The van der Waals surface area contributed by atoms with Crippen LogP contribution in [0.15, 0.2) is 6.20 Å². The van der Waals surface area contributed by atoms with E-state index in [0.29, 0.717) is 5.69 Å². The molecule has 1 aromatic rings. The molecule has 0 saturated heterocycles. The molecular formula is C7H7IN4O. The maximum Gasteiger partial charge on any atom is 0.271 e. The number of carbonyl (C=O) groups is 1. The van der Waals surface area contributed by atoms with Gasteiger partial charge in [0.1, 0.15) is 11.7 Å². The third-order valence-corrected chi connectivity index (χ3v) is 2.18. The van der Waals surface area contributed by atoms with E-state index in [4.69, 9.17) is 5.26 Å². The third-order valence-electron chi connectivity index (χ3n) is 1.36. The molecule has 1 amide bonds. The highest BCUT2D eigenvalue weighted by Gasteiger charge is 2.13. The van der Waals surface area contributed by atoms with Crippen LogP contribution in [0.2, 0.25) is 0 Å². The fourth-order valence-corrected chi connectivity index (χ4v) is 1.24. The van der Waals surface area contributed by atoms with Gasteiger partial charge in [0.15, 0.2) is 0 Å². The summed E-state index contributed by atoms with van der Waals surface area (Å²) in [5.74, 6) is -0.309. The van der Waals surface area contributed by atoms with Crippen LogP contribution in [-0.2, 0) is 0 Å². The van der Waals surface area contributed by atoms with E-state index < -0.39 is 6.04 Å². The molecule has 1 rings (SSSR count). The van der Waals surface area contributed by atoms with Crippen LogP contribution in [-0.4, -0.2) is 22.1 Å². The lowest BCUT2D eigenvalue weighted by atomic mass is 10.3. The zero-order valence-corrected chi connectivity index (χ0v) is 8.99. The zero-order valence-electron chi connectivity index (χ0n) is 6.84. The largest absolute Gasteiger partial charge is 0.335 e. The number of hydrogen-bond donors (Lipinski definition) is 2. The van der Waals surface area contributed by atoms with E-state index >= 15 is 0 Å². The highest BCUT2D eigenvalue weighted by molar-refractivity contribution is 14.1. The van der Waals surface area contributed by atoms with Gasteiger partial charge in [-0.15, -0.1) is 0 Å². The molecule has 0 bridgehead atoms. The molecule has 68 valence electrons. The lowest BCUT2D eigenvalue weighted by molar-refractivity contribution is 0.0942. The van der Waals surface area contributed by atoms with Crippen molar-refractivity contribution in [1.29, 1.82) is 5.26 Å². The zero-order chi connectivity index (χ0) is 9.84. The SMILES string of the molecule is C[C@@H](C#N)NC(=O)c1[nH]ncc1I. The van der Waals surface area contributed by atoms with Gasteiger partial charge in [-0.1, -0.05) is 0 Å². The summed E-state index contributed by atoms with van der Waals surface area (Å²) in [5.41, 5.74) is 0.391. The Hall–Kier alpha value is -1.10. The highest BCUT2D eigenvalue weighted by atomic mass is 127. The molecule has 1 atom stereocenters. The Bertz CT molecular complexity index is 354. The van der Waals surface area contributed by atoms with Crippen molar-refractivity contribution in [2.75, 3.05) is 0 Å². The number of nitriles is 1. The monoisotopic (exact) mass is 290 g/mol. The summed E-state index contributed by atoms with van der Waals surface area (Å²) in [4.78, 5) is 11.4. The Balaban J connectivity index is 2.71. The van der Waals surface area contributed by atoms with Crippen LogP contribution in [0.4, 0.5) is 0 Å². The van der Waals surface area contributed by atoms with Crippen LogP contribution in [0.5, 0.6) is 0 Å². The van der Waals surface area contributed by atoms with Gasteiger partial charge in [-0.05, 0) is 29.5 Å². The molecule has 0 aromatic carbocycles. The van der Waals surface area contributed by atoms with Gasteiger partial charge in [0.2, 0.25) is 0 Å². The van der Waals surface area contributed by atoms with Crippen molar-refractivity contribution < 1.29 is 4.79 Å². The summed E-state index contributed by atoms with van der Waals surface area (Å²) in [6, 6.07) is 1.41. The molecular weight excluding hydrogens is 283 g/mol. The van der Waals surface area contributed by atoms with Crippen LogP contribution in [0.25, 0.3) is 0 Å². The minimum absolute atomic E-state index is 0.309. The van der Waals surface area contributed by atoms with E-state index in [1.165, 1.54) is 0 Å². The second kappa shape index (κ2) is 4.23. The molecule has 1 aromatic heterocycles.